The van der Waals surface area contributed by atoms with Crippen molar-refractivity contribution in [2.75, 3.05) is 36.0 Å². The van der Waals surface area contributed by atoms with E-state index < -0.39 is 63.2 Å². The van der Waals surface area contributed by atoms with Crippen molar-refractivity contribution in [3.05, 3.63) is 118 Å². The monoisotopic (exact) mass is 724 g/mol. The van der Waals surface area contributed by atoms with Crippen LogP contribution in [-0.2, 0) is 27.9 Å². The lowest BCUT2D eigenvalue weighted by Crippen LogP contribution is -2.43. The summed E-state index contributed by atoms with van der Waals surface area (Å²) in [6.45, 7) is 1.38. The fourth-order valence-electron chi connectivity index (χ4n) is 5.76. The van der Waals surface area contributed by atoms with E-state index in [2.05, 4.69) is 4.90 Å². The molecule has 1 saturated heterocycles. The Hall–Kier alpha value is -5.46. The number of hydrogen-bond donors (Lipinski definition) is 1. The third-order valence-electron chi connectivity index (χ3n) is 8.30. The van der Waals surface area contributed by atoms with Crippen LogP contribution in [0.2, 0.25) is 0 Å². The maximum Gasteiger partial charge on any atom is 0.335 e. The normalized spacial score (nSPS) is 12.9. The van der Waals surface area contributed by atoms with Crippen molar-refractivity contribution >= 4 is 33.3 Å². The van der Waals surface area contributed by atoms with Crippen molar-refractivity contribution in [3.63, 3.8) is 0 Å². The number of benzene rings is 4. The van der Waals surface area contributed by atoms with Gasteiger partial charge in [-0.2, -0.15) is 9.57 Å². The van der Waals surface area contributed by atoms with Crippen LogP contribution in [0.3, 0.4) is 0 Å². The summed E-state index contributed by atoms with van der Waals surface area (Å²) in [4.78, 5) is 28.0. The maximum absolute atomic E-state index is 15.0. The van der Waals surface area contributed by atoms with Gasteiger partial charge in [-0.15, -0.1) is 0 Å². The van der Waals surface area contributed by atoms with Gasteiger partial charge in [0.15, 0.2) is 23.3 Å². The van der Waals surface area contributed by atoms with Crippen LogP contribution in [0.1, 0.15) is 46.8 Å². The Morgan fingerprint density at radius 1 is 0.922 bits per heavy atom. The van der Waals surface area contributed by atoms with Gasteiger partial charge in [-0.25, -0.2) is 30.8 Å². The van der Waals surface area contributed by atoms with E-state index >= 15 is 4.39 Å². The highest BCUT2D eigenvalue weighted by Gasteiger charge is 2.35. The van der Waals surface area contributed by atoms with Crippen LogP contribution in [0.5, 0.6) is 5.75 Å². The molecular weight excluding hydrogens is 692 g/mol. The molecule has 1 amide bonds. The zero-order valence-corrected chi connectivity index (χ0v) is 28.1. The van der Waals surface area contributed by atoms with Crippen LogP contribution in [-0.4, -0.2) is 55.9 Å². The molecule has 51 heavy (non-hydrogen) atoms. The minimum Gasteiger partial charge on any atom is -0.492 e. The van der Waals surface area contributed by atoms with Gasteiger partial charge in [-0.05, 0) is 67.3 Å². The number of carbonyl (C=O) groups excluding carboxylic acids is 1. The summed E-state index contributed by atoms with van der Waals surface area (Å²) in [7, 11) is -5.32. The Labute approximate surface area is 291 Å². The molecule has 0 saturated carbocycles. The van der Waals surface area contributed by atoms with E-state index in [0.717, 1.165) is 36.5 Å². The van der Waals surface area contributed by atoms with Gasteiger partial charge >= 0.3 is 5.97 Å². The van der Waals surface area contributed by atoms with E-state index in [4.69, 9.17) is 4.74 Å². The molecule has 1 aliphatic rings. The smallest absolute Gasteiger partial charge is 0.335 e. The van der Waals surface area contributed by atoms with Crippen molar-refractivity contribution < 1.29 is 45.4 Å². The molecule has 0 unspecified atom stereocenters. The molecule has 0 aliphatic carbocycles. The van der Waals surface area contributed by atoms with Gasteiger partial charge in [-0.1, -0.05) is 30.3 Å². The fourth-order valence-corrected chi connectivity index (χ4v) is 7.19. The Morgan fingerprint density at radius 3 is 2.33 bits per heavy atom. The molecule has 10 nitrogen and oxygen atoms in total. The van der Waals surface area contributed by atoms with Crippen LogP contribution >= 0.6 is 0 Å². The van der Waals surface area contributed by atoms with Gasteiger partial charge in [0.2, 0.25) is 15.9 Å². The number of ether oxygens (including phenoxy) is 1. The first-order valence-corrected chi connectivity index (χ1v) is 17.2. The Balaban J connectivity index is 1.63. The molecule has 0 aromatic heterocycles. The highest BCUT2D eigenvalue weighted by Crippen LogP contribution is 2.33. The van der Waals surface area contributed by atoms with E-state index in [9.17, 15) is 41.5 Å². The molecule has 0 radical (unpaired) electrons. The number of amides is 1. The molecule has 15 heteroatoms. The first-order valence-electron chi connectivity index (χ1n) is 15.8. The van der Waals surface area contributed by atoms with E-state index in [0.29, 0.717) is 9.87 Å². The molecule has 4 aromatic rings. The van der Waals surface area contributed by atoms with Crippen LogP contribution in [0, 0.1) is 34.6 Å². The van der Waals surface area contributed by atoms with Crippen molar-refractivity contribution in [1.82, 2.24) is 4.31 Å². The van der Waals surface area contributed by atoms with Gasteiger partial charge in [0.05, 0.1) is 42.6 Å². The lowest BCUT2D eigenvalue weighted by molar-refractivity contribution is -0.119. The third kappa shape index (κ3) is 7.97. The lowest BCUT2D eigenvalue weighted by Gasteiger charge is -2.29. The first kappa shape index (κ1) is 36.8. The predicted molar refractivity (Wildman–Crippen MR) is 179 cm³/mol. The largest absolute Gasteiger partial charge is 0.492 e. The number of hydrogen-bond acceptors (Lipinski definition) is 7. The second-order valence-electron chi connectivity index (χ2n) is 11.6. The van der Waals surface area contributed by atoms with Crippen molar-refractivity contribution in [2.24, 2.45) is 0 Å². The molecule has 1 aliphatic heterocycles. The molecule has 1 fully saturated rings. The zero-order valence-electron chi connectivity index (χ0n) is 27.3. The molecule has 266 valence electrons. The Bertz CT molecular complexity index is 2120. The lowest BCUT2D eigenvalue weighted by atomic mass is 10.1. The van der Waals surface area contributed by atoms with E-state index in [1.54, 1.807) is 19.1 Å². The highest BCUT2D eigenvalue weighted by atomic mass is 32.2. The van der Waals surface area contributed by atoms with Gasteiger partial charge < -0.3 is 19.6 Å². The van der Waals surface area contributed by atoms with E-state index in [-0.39, 0.29) is 47.3 Å². The van der Waals surface area contributed by atoms with Crippen LogP contribution in [0.4, 0.5) is 28.9 Å². The fraction of sp³-hybridized carbons (Fsp3) is 0.250. The number of halogens is 4. The molecule has 5 rings (SSSR count). The SMILES string of the molecule is CCOc1cc(C(=O)O)ccc1N(Cc1cccc(N2CCCC2)c1)C(=O)CN(Cc1ccccc1C#N)S(=O)(=O)c1cc(F)c(F)c(F)c1F. The number of nitrogens with zero attached hydrogens (tertiary/aromatic N) is 4. The molecule has 1 heterocycles. The molecule has 0 atom stereocenters. The van der Waals surface area contributed by atoms with Crippen molar-refractivity contribution in [2.45, 2.75) is 37.8 Å². The third-order valence-corrected chi connectivity index (χ3v) is 10.1. The quantitative estimate of drug-likeness (QED) is 0.0975. The zero-order chi connectivity index (χ0) is 36.9. The highest BCUT2D eigenvalue weighted by molar-refractivity contribution is 7.89. The van der Waals surface area contributed by atoms with E-state index in [1.807, 2.05) is 18.2 Å². The Morgan fingerprint density at radius 2 is 1.65 bits per heavy atom. The molecule has 1 N–H and O–H groups in total. The topological polar surface area (TPSA) is 131 Å². The number of carboxylic acids is 1. The molecule has 0 bridgehead atoms. The predicted octanol–water partition coefficient (Wildman–Crippen LogP) is 6.24. The number of sulfonamides is 1. The van der Waals surface area contributed by atoms with Crippen LogP contribution < -0.4 is 14.5 Å². The van der Waals surface area contributed by atoms with Crippen LogP contribution in [0.25, 0.3) is 0 Å². The minimum atomic E-state index is -5.32. The standard InChI is InChI=1S/C36H32F4N4O6S/c1-2-50-30-17-24(36(46)47)12-13-29(30)44(20-23-8-7-11-27(16-23)42-14-5-6-15-42)32(45)22-43(21-26-10-4-3-9-25(26)19-41)51(48,49)31-18-28(37)33(38)35(40)34(31)39/h3-4,7-13,16-18H,2,5-6,14-15,20-22H2,1H3,(H,46,47). The summed E-state index contributed by atoms with van der Waals surface area (Å²) in [5, 5.41) is 19.3. The number of aromatic carboxylic acids is 1. The second-order valence-corrected chi connectivity index (χ2v) is 13.5. The number of rotatable bonds is 13. The average Bonchev–Trinajstić information content (AvgIpc) is 3.67. The van der Waals surface area contributed by atoms with Gasteiger partial charge in [0.25, 0.3) is 0 Å². The summed E-state index contributed by atoms with van der Waals surface area (Å²) >= 11 is 0. The summed E-state index contributed by atoms with van der Waals surface area (Å²) in [6.07, 6.45) is 2.01. The summed E-state index contributed by atoms with van der Waals surface area (Å²) in [6, 6.07) is 18.7. The van der Waals surface area contributed by atoms with Crippen molar-refractivity contribution in [1.29, 1.82) is 5.26 Å². The van der Waals surface area contributed by atoms with Gasteiger partial charge in [0, 0.05) is 31.4 Å². The van der Waals surface area contributed by atoms with E-state index in [1.165, 1.54) is 42.5 Å². The Kier molecular flexibility index (Phi) is 11.3. The first-order chi connectivity index (χ1) is 24.3. The summed E-state index contributed by atoms with van der Waals surface area (Å²) in [5.41, 5.74) is 1.48. The maximum atomic E-state index is 15.0. The molecule has 0 spiro atoms. The summed E-state index contributed by atoms with van der Waals surface area (Å²) < 4.78 is 91.7. The van der Waals surface area contributed by atoms with Crippen molar-refractivity contribution in [3.8, 4) is 11.8 Å². The molecular formula is C36H32F4N4O6S. The van der Waals surface area contributed by atoms with Crippen LogP contribution in [0.15, 0.2) is 77.7 Å². The number of carbonyl (C=O) groups is 2. The van der Waals surface area contributed by atoms with Gasteiger partial charge in [0.1, 0.15) is 10.6 Å². The summed E-state index contributed by atoms with van der Waals surface area (Å²) in [5.74, 6) is -11.0. The second kappa shape index (κ2) is 15.6. The van der Waals surface area contributed by atoms with Gasteiger partial charge in [-0.3, -0.25) is 4.79 Å². The number of nitriles is 1. The average molecular weight is 725 g/mol. The number of anilines is 2. The molecule has 4 aromatic carbocycles. The minimum absolute atomic E-state index is 0.000522. The number of carboxylic acid groups (broad SMARTS) is 1.